The van der Waals surface area contributed by atoms with Crippen LogP contribution < -0.4 is 5.32 Å². The summed E-state index contributed by atoms with van der Waals surface area (Å²) in [5.41, 5.74) is -0.630. The Labute approximate surface area is 118 Å². The van der Waals surface area contributed by atoms with E-state index < -0.39 is 17.6 Å². The third-order valence-corrected chi connectivity index (χ3v) is 3.15. The molecule has 0 atom stereocenters. The van der Waals surface area contributed by atoms with Gasteiger partial charge in [-0.25, -0.2) is 4.98 Å². The van der Waals surface area contributed by atoms with Gasteiger partial charge in [-0.15, -0.1) is 0 Å². The van der Waals surface area contributed by atoms with Crippen LogP contribution in [-0.2, 0) is 6.18 Å². The van der Waals surface area contributed by atoms with Gasteiger partial charge in [0.2, 0.25) is 0 Å². The maximum atomic E-state index is 12.7. The number of halogens is 3. The molecule has 3 rings (SSSR count). The highest BCUT2D eigenvalue weighted by Gasteiger charge is 2.32. The molecular weight excluding hydrogens is 285 g/mol. The van der Waals surface area contributed by atoms with Crippen LogP contribution in [0.5, 0.6) is 0 Å². The van der Waals surface area contributed by atoms with Crippen molar-refractivity contribution in [2.45, 2.75) is 25.1 Å². The van der Waals surface area contributed by atoms with Crippen LogP contribution in [0.15, 0.2) is 35.1 Å². The lowest BCUT2D eigenvalue weighted by atomic mass is 10.1. The van der Waals surface area contributed by atoms with Crippen LogP contribution in [0.3, 0.4) is 0 Å². The van der Waals surface area contributed by atoms with Crippen LogP contribution in [0, 0.1) is 0 Å². The van der Waals surface area contributed by atoms with E-state index in [2.05, 4.69) is 10.3 Å². The molecule has 1 aromatic heterocycles. The fraction of sp³-hybridized carbons (Fsp3) is 0.286. The lowest BCUT2D eigenvalue weighted by Crippen LogP contribution is -2.26. The molecule has 1 aromatic carbocycles. The second-order valence-electron chi connectivity index (χ2n) is 4.86. The predicted octanol–water partition coefficient (Wildman–Crippen LogP) is 3.25. The van der Waals surface area contributed by atoms with Gasteiger partial charge < -0.3 is 9.73 Å². The molecule has 2 aromatic rings. The normalized spacial score (nSPS) is 15.0. The number of hydrogen-bond acceptors (Lipinski definition) is 3. The van der Waals surface area contributed by atoms with Crippen molar-refractivity contribution < 1.29 is 22.4 Å². The number of rotatable bonds is 3. The first-order chi connectivity index (χ1) is 9.95. The van der Waals surface area contributed by atoms with E-state index in [1.54, 1.807) is 0 Å². The third kappa shape index (κ3) is 2.91. The summed E-state index contributed by atoms with van der Waals surface area (Å²) >= 11 is 0. The molecule has 0 aliphatic heterocycles. The van der Waals surface area contributed by atoms with Gasteiger partial charge in [0.05, 0.1) is 5.56 Å². The molecule has 1 heterocycles. The first-order valence-electron chi connectivity index (χ1n) is 6.37. The van der Waals surface area contributed by atoms with Gasteiger partial charge >= 0.3 is 6.18 Å². The fourth-order valence-electron chi connectivity index (χ4n) is 1.93. The quantitative estimate of drug-likeness (QED) is 0.946. The number of hydrogen-bond donors (Lipinski definition) is 1. The highest BCUT2D eigenvalue weighted by Crippen LogP contribution is 2.33. The summed E-state index contributed by atoms with van der Waals surface area (Å²) in [5.74, 6) is -0.391. The third-order valence-electron chi connectivity index (χ3n) is 3.15. The number of carbonyl (C=O) groups excluding carboxylic acids is 1. The number of amides is 1. The van der Waals surface area contributed by atoms with Gasteiger partial charge in [-0.05, 0) is 25.0 Å². The Kier molecular flexibility index (Phi) is 3.19. The smallest absolute Gasteiger partial charge is 0.416 e. The summed E-state index contributed by atoms with van der Waals surface area (Å²) in [6.45, 7) is 0. The van der Waals surface area contributed by atoms with Crippen molar-refractivity contribution in [2.24, 2.45) is 0 Å². The largest absolute Gasteiger partial charge is 0.443 e. The van der Waals surface area contributed by atoms with Gasteiger partial charge in [0.15, 0.2) is 17.8 Å². The molecule has 1 aliphatic carbocycles. The highest BCUT2D eigenvalue weighted by molar-refractivity contribution is 5.97. The Balaban J connectivity index is 1.94. The van der Waals surface area contributed by atoms with Crippen molar-refractivity contribution in [2.75, 3.05) is 0 Å². The minimum atomic E-state index is -4.45. The van der Waals surface area contributed by atoms with Gasteiger partial charge in [-0.1, -0.05) is 12.1 Å². The minimum Gasteiger partial charge on any atom is -0.443 e. The van der Waals surface area contributed by atoms with Crippen LogP contribution in [0.1, 0.15) is 28.9 Å². The second-order valence-corrected chi connectivity index (χ2v) is 4.86. The Bertz CT molecular complexity index is 675. The maximum Gasteiger partial charge on any atom is 0.416 e. The zero-order valence-electron chi connectivity index (χ0n) is 10.8. The monoisotopic (exact) mass is 296 g/mol. The number of aromatic nitrogens is 1. The van der Waals surface area contributed by atoms with Crippen molar-refractivity contribution in [3.63, 3.8) is 0 Å². The highest BCUT2D eigenvalue weighted by atomic mass is 19.4. The van der Waals surface area contributed by atoms with Gasteiger partial charge in [0.1, 0.15) is 0 Å². The van der Waals surface area contributed by atoms with Gasteiger partial charge in [-0.3, -0.25) is 4.79 Å². The fourth-order valence-corrected chi connectivity index (χ4v) is 1.93. The SMILES string of the molecule is O=C(NC1CC1)c1ncoc1-c1cccc(C(F)(F)F)c1. The van der Waals surface area contributed by atoms with E-state index in [1.165, 1.54) is 12.1 Å². The number of alkyl halides is 3. The maximum absolute atomic E-state index is 12.7. The van der Waals surface area contributed by atoms with Gasteiger partial charge in [0, 0.05) is 11.6 Å². The molecule has 4 nitrogen and oxygen atoms in total. The lowest BCUT2D eigenvalue weighted by molar-refractivity contribution is -0.137. The molecule has 7 heteroatoms. The van der Waals surface area contributed by atoms with E-state index in [4.69, 9.17) is 4.42 Å². The number of nitrogens with one attached hydrogen (secondary N) is 1. The molecule has 21 heavy (non-hydrogen) atoms. The average Bonchev–Trinajstić information content (AvgIpc) is 3.10. The molecule has 0 radical (unpaired) electrons. The van der Waals surface area contributed by atoms with E-state index in [0.717, 1.165) is 31.4 Å². The molecule has 1 saturated carbocycles. The average molecular weight is 296 g/mol. The number of benzene rings is 1. The topological polar surface area (TPSA) is 55.1 Å². The van der Waals surface area contributed by atoms with Crippen LogP contribution in [0.2, 0.25) is 0 Å². The van der Waals surface area contributed by atoms with Crippen molar-refractivity contribution in [3.8, 4) is 11.3 Å². The van der Waals surface area contributed by atoms with Crippen molar-refractivity contribution in [1.29, 1.82) is 0 Å². The molecule has 0 bridgehead atoms. The van der Waals surface area contributed by atoms with E-state index in [1.807, 2.05) is 0 Å². The number of oxazole rings is 1. The molecule has 0 spiro atoms. The van der Waals surface area contributed by atoms with Crippen molar-refractivity contribution >= 4 is 5.91 Å². The standard InChI is InChI=1S/C14H11F3N2O2/c15-14(16,17)9-3-1-2-8(6-9)12-11(18-7-21-12)13(20)19-10-4-5-10/h1-3,6-7,10H,4-5H2,(H,19,20). The molecule has 110 valence electrons. The zero-order chi connectivity index (χ0) is 15.0. The molecule has 1 fully saturated rings. The number of carbonyl (C=O) groups is 1. The Hall–Kier alpha value is -2.31. The summed E-state index contributed by atoms with van der Waals surface area (Å²) in [6.07, 6.45) is -1.59. The van der Waals surface area contributed by atoms with Crippen LogP contribution in [0.4, 0.5) is 13.2 Å². The van der Waals surface area contributed by atoms with Crippen molar-refractivity contribution in [3.05, 3.63) is 41.9 Å². The Morgan fingerprint density at radius 3 is 2.76 bits per heavy atom. The summed E-state index contributed by atoms with van der Waals surface area (Å²) in [5, 5.41) is 2.73. The van der Waals surface area contributed by atoms with Gasteiger partial charge in [0.25, 0.3) is 5.91 Å². The zero-order valence-corrected chi connectivity index (χ0v) is 10.8. The Morgan fingerprint density at radius 1 is 1.33 bits per heavy atom. The predicted molar refractivity (Wildman–Crippen MR) is 67.4 cm³/mol. The minimum absolute atomic E-state index is 0.00113. The summed E-state index contributed by atoms with van der Waals surface area (Å²) in [7, 11) is 0. The molecule has 0 unspecified atom stereocenters. The second kappa shape index (κ2) is 4.91. The molecule has 0 saturated heterocycles. The van der Waals surface area contributed by atoms with Crippen LogP contribution in [-0.4, -0.2) is 16.9 Å². The molecule has 1 N–H and O–H groups in total. The molecular formula is C14H11F3N2O2. The first-order valence-corrected chi connectivity index (χ1v) is 6.37. The molecule has 1 amide bonds. The first kappa shape index (κ1) is 13.7. The van der Waals surface area contributed by atoms with Crippen molar-refractivity contribution in [1.82, 2.24) is 10.3 Å². The lowest BCUT2D eigenvalue weighted by Gasteiger charge is -2.08. The van der Waals surface area contributed by atoms with Crippen LogP contribution >= 0.6 is 0 Å². The van der Waals surface area contributed by atoms with Crippen LogP contribution in [0.25, 0.3) is 11.3 Å². The summed E-state index contributed by atoms with van der Waals surface area (Å²) < 4.78 is 43.3. The van der Waals surface area contributed by atoms with E-state index in [0.29, 0.717) is 0 Å². The number of nitrogens with zero attached hydrogens (tertiary/aromatic N) is 1. The Morgan fingerprint density at radius 2 is 2.10 bits per heavy atom. The van der Waals surface area contributed by atoms with Gasteiger partial charge in [-0.2, -0.15) is 13.2 Å². The summed E-state index contributed by atoms with van der Waals surface area (Å²) in [4.78, 5) is 15.8. The molecule has 1 aliphatic rings. The summed E-state index contributed by atoms with van der Waals surface area (Å²) in [6, 6.07) is 4.74. The van der Waals surface area contributed by atoms with E-state index in [9.17, 15) is 18.0 Å². The van der Waals surface area contributed by atoms with E-state index >= 15 is 0 Å². The van der Waals surface area contributed by atoms with E-state index in [-0.39, 0.29) is 23.1 Å².